The van der Waals surface area contributed by atoms with Crippen LogP contribution in [0.2, 0.25) is 0 Å². The van der Waals surface area contributed by atoms with Crippen LogP contribution in [-0.2, 0) is 0 Å². The Morgan fingerprint density at radius 2 is 2.00 bits per heavy atom. The van der Waals surface area contributed by atoms with Crippen molar-refractivity contribution < 1.29 is 0 Å². The molecular weight excluding hydrogens is 220 g/mol. The Bertz CT molecular complexity index is 254. The summed E-state index contributed by atoms with van der Waals surface area (Å²) < 4.78 is 0. The number of piperazine rings is 1. The topological polar surface area (TPSA) is 15.3 Å². The van der Waals surface area contributed by atoms with E-state index in [4.69, 9.17) is 0 Å². The lowest BCUT2D eigenvalue weighted by Crippen LogP contribution is -2.63. The van der Waals surface area contributed by atoms with Gasteiger partial charge in [-0.05, 0) is 32.1 Å². The zero-order valence-corrected chi connectivity index (χ0v) is 13.0. The van der Waals surface area contributed by atoms with Gasteiger partial charge in [-0.25, -0.2) is 0 Å². The van der Waals surface area contributed by atoms with Crippen LogP contribution in [0.3, 0.4) is 0 Å². The van der Waals surface area contributed by atoms with Crippen LogP contribution in [0.15, 0.2) is 12.2 Å². The van der Waals surface area contributed by atoms with E-state index in [1.807, 2.05) is 0 Å². The van der Waals surface area contributed by atoms with Gasteiger partial charge in [0.15, 0.2) is 0 Å². The average molecular weight is 252 g/mol. The molecule has 2 nitrogen and oxygen atoms in total. The van der Waals surface area contributed by atoms with Crippen molar-refractivity contribution >= 4 is 0 Å². The molecule has 0 aromatic rings. The van der Waals surface area contributed by atoms with Gasteiger partial charge in [0, 0.05) is 31.2 Å². The maximum atomic E-state index is 3.83. The third-order valence-electron chi connectivity index (χ3n) is 4.41. The minimum Gasteiger partial charge on any atom is -0.308 e. The zero-order valence-electron chi connectivity index (χ0n) is 13.0. The largest absolute Gasteiger partial charge is 0.308 e. The van der Waals surface area contributed by atoms with Gasteiger partial charge >= 0.3 is 0 Å². The Balaban J connectivity index is 2.71. The molecule has 2 heteroatoms. The van der Waals surface area contributed by atoms with E-state index in [-0.39, 0.29) is 0 Å². The van der Waals surface area contributed by atoms with E-state index in [1.165, 1.54) is 25.8 Å². The first kappa shape index (κ1) is 15.7. The predicted molar refractivity (Wildman–Crippen MR) is 80.9 cm³/mol. The molecule has 0 aromatic heterocycles. The van der Waals surface area contributed by atoms with Crippen LogP contribution in [0, 0.1) is 5.92 Å². The van der Waals surface area contributed by atoms with Crippen molar-refractivity contribution in [2.45, 2.75) is 65.5 Å². The molecule has 1 N–H and O–H groups in total. The number of nitrogens with one attached hydrogen (secondary N) is 1. The molecule has 18 heavy (non-hydrogen) atoms. The van der Waals surface area contributed by atoms with Gasteiger partial charge in [0.05, 0.1) is 0 Å². The van der Waals surface area contributed by atoms with E-state index in [9.17, 15) is 0 Å². The minimum atomic E-state index is 0.342. The summed E-state index contributed by atoms with van der Waals surface area (Å²) in [6, 6.07) is 0.701. The quantitative estimate of drug-likeness (QED) is 0.729. The highest BCUT2D eigenvalue weighted by molar-refractivity contribution is 4.99. The molecule has 1 rings (SSSR count). The van der Waals surface area contributed by atoms with E-state index < -0.39 is 0 Å². The fourth-order valence-electron chi connectivity index (χ4n) is 2.99. The van der Waals surface area contributed by atoms with Crippen LogP contribution >= 0.6 is 0 Å². The number of allylic oxidation sites excluding steroid dienone is 1. The number of hydrogen-bond donors (Lipinski definition) is 1. The number of hydrogen-bond acceptors (Lipinski definition) is 2. The molecule has 1 unspecified atom stereocenters. The fourth-order valence-corrected chi connectivity index (χ4v) is 2.99. The summed E-state index contributed by atoms with van der Waals surface area (Å²) in [6.45, 7) is 14.9. The predicted octanol–water partition coefficient (Wildman–Crippen LogP) is 3.44. The van der Waals surface area contributed by atoms with Gasteiger partial charge in [0.1, 0.15) is 0 Å². The maximum absolute atomic E-state index is 3.83. The molecular formula is C16H32N2. The highest BCUT2D eigenvalue weighted by Gasteiger charge is 2.36. The monoisotopic (exact) mass is 252 g/mol. The van der Waals surface area contributed by atoms with Crippen molar-refractivity contribution in [2.24, 2.45) is 5.92 Å². The maximum Gasteiger partial charge on any atom is 0.0304 e. The van der Waals surface area contributed by atoms with Crippen LogP contribution < -0.4 is 5.32 Å². The van der Waals surface area contributed by atoms with Crippen molar-refractivity contribution in [2.75, 3.05) is 19.6 Å². The standard InChI is InChI=1S/C16H32N2/c1-6-9-10-18-13-16(7-2,8-3)17-12-15(18)11-14(4)5/h6,9,14-15,17H,7-8,10-13H2,1-5H3/b9-6+. The Kier molecular flexibility index (Phi) is 6.37. The molecule has 0 aromatic carbocycles. The van der Waals surface area contributed by atoms with Gasteiger partial charge in [0.2, 0.25) is 0 Å². The van der Waals surface area contributed by atoms with Gasteiger partial charge < -0.3 is 5.32 Å². The zero-order chi connectivity index (χ0) is 13.6. The summed E-state index contributed by atoms with van der Waals surface area (Å²) in [6.07, 6.45) is 8.23. The summed E-state index contributed by atoms with van der Waals surface area (Å²) in [5, 5.41) is 3.83. The first-order chi connectivity index (χ1) is 8.56. The van der Waals surface area contributed by atoms with E-state index in [1.54, 1.807) is 0 Å². The Morgan fingerprint density at radius 1 is 1.33 bits per heavy atom. The summed E-state index contributed by atoms with van der Waals surface area (Å²) in [5.74, 6) is 0.778. The SMILES string of the molecule is C/C=C/CN1CC(CC)(CC)NCC1CC(C)C. The van der Waals surface area contributed by atoms with Crippen molar-refractivity contribution in [1.29, 1.82) is 0 Å². The number of rotatable bonds is 6. The molecule has 0 aliphatic carbocycles. The first-order valence-corrected chi connectivity index (χ1v) is 7.67. The average Bonchev–Trinajstić information content (AvgIpc) is 2.37. The molecule has 0 saturated carbocycles. The second-order valence-corrected chi connectivity index (χ2v) is 6.15. The first-order valence-electron chi connectivity index (χ1n) is 7.67. The molecule has 0 bridgehead atoms. The van der Waals surface area contributed by atoms with E-state index in [2.05, 4.69) is 57.0 Å². The number of nitrogens with zero attached hydrogens (tertiary/aromatic N) is 1. The van der Waals surface area contributed by atoms with Crippen molar-refractivity contribution in [3.63, 3.8) is 0 Å². The normalized spacial score (nSPS) is 25.1. The molecule has 1 saturated heterocycles. The Hall–Kier alpha value is -0.340. The Morgan fingerprint density at radius 3 is 2.50 bits per heavy atom. The second-order valence-electron chi connectivity index (χ2n) is 6.15. The van der Waals surface area contributed by atoms with Crippen molar-refractivity contribution in [3.05, 3.63) is 12.2 Å². The lowest BCUT2D eigenvalue weighted by molar-refractivity contribution is 0.0722. The summed E-state index contributed by atoms with van der Waals surface area (Å²) >= 11 is 0. The summed E-state index contributed by atoms with van der Waals surface area (Å²) in [7, 11) is 0. The molecule has 106 valence electrons. The fraction of sp³-hybridized carbons (Fsp3) is 0.875. The van der Waals surface area contributed by atoms with E-state index >= 15 is 0 Å². The molecule has 1 atom stereocenters. The van der Waals surface area contributed by atoms with Gasteiger partial charge in [-0.3, -0.25) is 4.90 Å². The molecule has 0 spiro atoms. The highest BCUT2D eigenvalue weighted by Crippen LogP contribution is 2.25. The lowest BCUT2D eigenvalue weighted by Gasteiger charge is -2.47. The third-order valence-corrected chi connectivity index (χ3v) is 4.41. The lowest BCUT2D eigenvalue weighted by atomic mass is 9.87. The van der Waals surface area contributed by atoms with E-state index in [0.29, 0.717) is 11.6 Å². The third kappa shape index (κ3) is 4.10. The molecule has 0 amide bonds. The van der Waals surface area contributed by atoms with Crippen LogP contribution in [0.25, 0.3) is 0 Å². The van der Waals surface area contributed by atoms with Crippen LogP contribution in [-0.4, -0.2) is 36.1 Å². The van der Waals surface area contributed by atoms with Crippen LogP contribution in [0.1, 0.15) is 53.9 Å². The molecule has 1 heterocycles. The molecule has 1 aliphatic heterocycles. The van der Waals surface area contributed by atoms with Crippen molar-refractivity contribution in [1.82, 2.24) is 10.2 Å². The van der Waals surface area contributed by atoms with Crippen molar-refractivity contribution in [3.8, 4) is 0 Å². The Labute approximate surface area is 114 Å². The van der Waals surface area contributed by atoms with E-state index in [0.717, 1.165) is 19.0 Å². The minimum absolute atomic E-state index is 0.342. The molecule has 1 fully saturated rings. The smallest absolute Gasteiger partial charge is 0.0304 e. The molecule has 1 aliphatic rings. The van der Waals surface area contributed by atoms with Gasteiger partial charge in [-0.15, -0.1) is 0 Å². The van der Waals surface area contributed by atoms with Gasteiger partial charge in [0.25, 0.3) is 0 Å². The van der Waals surface area contributed by atoms with Gasteiger partial charge in [-0.2, -0.15) is 0 Å². The highest BCUT2D eigenvalue weighted by atomic mass is 15.2. The second kappa shape index (κ2) is 7.30. The molecule has 0 radical (unpaired) electrons. The van der Waals surface area contributed by atoms with Gasteiger partial charge in [-0.1, -0.05) is 39.8 Å². The van der Waals surface area contributed by atoms with Crippen LogP contribution in [0.4, 0.5) is 0 Å². The van der Waals surface area contributed by atoms with Crippen LogP contribution in [0.5, 0.6) is 0 Å². The summed E-state index contributed by atoms with van der Waals surface area (Å²) in [5.41, 5.74) is 0.342. The summed E-state index contributed by atoms with van der Waals surface area (Å²) in [4.78, 5) is 2.68.